The normalized spacial score (nSPS) is 14.5. The third kappa shape index (κ3) is 4.44. The number of aromatic nitrogens is 2. The van der Waals surface area contributed by atoms with Crippen molar-refractivity contribution in [3.05, 3.63) is 65.2 Å². The van der Waals surface area contributed by atoms with E-state index in [-0.39, 0.29) is 23.6 Å². The number of hydrogen-bond donors (Lipinski definition) is 1. The summed E-state index contributed by atoms with van der Waals surface area (Å²) in [5.74, 6) is 1.74. The fraction of sp³-hybridized carbons (Fsp3) is 0.333. The first-order valence-corrected chi connectivity index (χ1v) is 10.9. The first-order valence-electron chi connectivity index (χ1n) is 10.5. The van der Waals surface area contributed by atoms with Gasteiger partial charge in [-0.2, -0.15) is 0 Å². The maximum atomic E-state index is 13.5. The molecule has 4 rings (SSSR count). The van der Waals surface area contributed by atoms with Crippen LogP contribution in [0.3, 0.4) is 0 Å². The maximum absolute atomic E-state index is 13.5. The Morgan fingerprint density at radius 2 is 1.74 bits per heavy atom. The summed E-state index contributed by atoms with van der Waals surface area (Å²) >= 11 is 6.03. The van der Waals surface area contributed by atoms with Gasteiger partial charge < -0.3 is 14.8 Å². The van der Waals surface area contributed by atoms with E-state index in [0.717, 1.165) is 28.6 Å². The van der Waals surface area contributed by atoms with E-state index in [1.54, 1.807) is 12.1 Å². The summed E-state index contributed by atoms with van der Waals surface area (Å²) in [7, 11) is 0. The minimum absolute atomic E-state index is 0.0373. The van der Waals surface area contributed by atoms with Gasteiger partial charge in [-0.15, -0.1) is 0 Å². The van der Waals surface area contributed by atoms with Gasteiger partial charge in [-0.1, -0.05) is 32.4 Å². The zero-order valence-corrected chi connectivity index (χ0v) is 18.7. The van der Waals surface area contributed by atoms with Crippen molar-refractivity contribution in [2.75, 3.05) is 11.9 Å². The van der Waals surface area contributed by atoms with Gasteiger partial charge in [0.1, 0.15) is 23.2 Å². The van der Waals surface area contributed by atoms with Crippen LogP contribution in [0.2, 0.25) is 5.02 Å². The van der Waals surface area contributed by atoms with Gasteiger partial charge in [-0.25, -0.2) is 9.37 Å². The summed E-state index contributed by atoms with van der Waals surface area (Å²) in [6, 6.07) is 13.8. The van der Waals surface area contributed by atoms with E-state index < -0.39 is 0 Å². The zero-order chi connectivity index (χ0) is 22.1. The van der Waals surface area contributed by atoms with E-state index in [2.05, 4.69) is 23.7 Å². The van der Waals surface area contributed by atoms with E-state index in [1.165, 1.54) is 12.1 Å². The van der Waals surface area contributed by atoms with E-state index in [1.807, 2.05) is 36.1 Å². The van der Waals surface area contributed by atoms with Crippen molar-refractivity contribution < 1.29 is 9.18 Å². The van der Waals surface area contributed by atoms with Gasteiger partial charge in [0.15, 0.2) is 0 Å². The van der Waals surface area contributed by atoms with Crippen LogP contribution in [0.1, 0.15) is 26.6 Å². The number of fused-ring (bicyclic) bond motifs is 1. The Hall–Kier alpha value is -2.86. The van der Waals surface area contributed by atoms with Gasteiger partial charge >= 0.3 is 0 Å². The summed E-state index contributed by atoms with van der Waals surface area (Å²) in [6.07, 6.45) is 0. The molecule has 0 bridgehead atoms. The molecule has 2 heterocycles. The Morgan fingerprint density at radius 1 is 1.06 bits per heavy atom. The Bertz CT molecular complexity index is 1080. The lowest BCUT2D eigenvalue weighted by molar-refractivity contribution is -0.137. The van der Waals surface area contributed by atoms with Crippen LogP contribution in [0.5, 0.6) is 0 Å². The van der Waals surface area contributed by atoms with Crippen LogP contribution in [0.4, 0.5) is 15.9 Å². The molecule has 0 saturated carbocycles. The number of imidazole rings is 1. The van der Waals surface area contributed by atoms with Crippen LogP contribution in [-0.4, -0.2) is 26.9 Å². The summed E-state index contributed by atoms with van der Waals surface area (Å²) in [5.41, 5.74) is 2.42. The Morgan fingerprint density at radius 3 is 2.39 bits per heavy atom. The van der Waals surface area contributed by atoms with Crippen LogP contribution in [0.15, 0.2) is 48.5 Å². The maximum Gasteiger partial charge on any atom is 0.226 e. The Kier molecular flexibility index (Phi) is 6.01. The fourth-order valence-corrected chi connectivity index (χ4v) is 3.82. The highest BCUT2D eigenvalue weighted by Gasteiger charge is 2.30. The Labute approximate surface area is 186 Å². The summed E-state index contributed by atoms with van der Waals surface area (Å²) in [4.78, 5) is 19.6. The molecule has 0 saturated heterocycles. The number of nitrogens with one attached hydrogen (secondary N) is 1. The molecule has 0 fully saturated rings. The summed E-state index contributed by atoms with van der Waals surface area (Å²) < 4.78 is 15.6. The molecule has 0 spiro atoms. The zero-order valence-electron chi connectivity index (χ0n) is 17.9. The molecule has 162 valence electrons. The summed E-state index contributed by atoms with van der Waals surface area (Å²) in [6.45, 7) is 7.81. The van der Waals surface area contributed by atoms with Crippen molar-refractivity contribution in [3.63, 3.8) is 0 Å². The molecule has 31 heavy (non-hydrogen) atoms. The SMILES string of the molecule is CC(C)C(C)C(=O)N1CCn2c(nc(-c3ccc(F)cc3)c2Nc2ccc(Cl)cc2)C1. The van der Waals surface area contributed by atoms with Gasteiger partial charge in [-0.3, -0.25) is 4.79 Å². The number of nitrogens with zero attached hydrogens (tertiary/aromatic N) is 3. The molecule has 5 nitrogen and oxygen atoms in total. The largest absolute Gasteiger partial charge is 0.340 e. The molecule has 7 heteroatoms. The molecule has 1 aromatic heterocycles. The van der Waals surface area contributed by atoms with Crippen molar-refractivity contribution in [2.45, 2.75) is 33.9 Å². The molecular weight excluding hydrogens is 415 g/mol. The molecule has 1 atom stereocenters. The van der Waals surface area contributed by atoms with Crippen LogP contribution in [-0.2, 0) is 17.9 Å². The number of halogens is 2. The molecule has 1 aliphatic rings. The van der Waals surface area contributed by atoms with Crippen molar-refractivity contribution in [1.82, 2.24) is 14.5 Å². The molecule has 1 amide bonds. The predicted octanol–water partition coefficient (Wildman–Crippen LogP) is 5.72. The fourth-order valence-electron chi connectivity index (χ4n) is 3.70. The van der Waals surface area contributed by atoms with Gasteiger partial charge in [0.05, 0.1) is 6.54 Å². The van der Waals surface area contributed by atoms with E-state index in [0.29, 0.717) is 24.7 Å². The van der Waals surface area contributed by atoms with Crippen LogP contribution < -0.4 is 5.32 Å². The monoisotopic (exact) mass is 440 g/mol. The highest BCUT2D eigenvalue weighted by molar-refractivity contribution is 6.30. The van der Waals surface area contributed by atoms with E-state index in [4.69, 9.17) is 16.6 Å². The minimum atomic E-state index is -0.292. The average molecular weight is 441 g/mol. The number of rotatable bonds is 5. The number of anilines is 2. The lowest BCUT2D eigenvalue weighted by Gasteiger charge is -2.31. The number of carbonyl (C=O) groups is 1. The highest BCUT2D eigenvalue weighted by Crippen LogP contribution is 2.34. The second kappa shape index (κ2) is 8.71. The summed E-state index contributed by atoms with van der Waals surface area (Å²) in [5, 5.41) is 4.11. The van der Waals surface area contributed by atoms with E-state index >= 15 is 0 Å². The van der Waals surface area contributed by atoms with Crippen molar-refractivity contribution >= 4 is 29.0 Å². The second-order valence-electron chi connectivity index (χ2n) is 8.31. The first-order chi connectivity index (χ1) is 14.8. The lowest BCUT2D eigenvalue weighted by atomic mass is 9.96. The predicted molar refractivity (Wildman–Crippen MR) is 122 cm³/mol. The third-order valence-corrected chi connectivity index (χ3v) is 6.15. The first kappa shape index (κ1) is 21.4. The van der Waals surface area contributed by atoms with Crippen LogP contribution in [0.25, 0.3) is 11.3 Å². The topological polar surface area (TPSA) is 50.2 Å². The van der Waals surface area contributed by atoms with Crippen molar-refractivity contribution in [3.8, 4) is 11.3 Å². The number of carbonyl (C=O) groups excluding carboxylic acids is 1. The van der Waals surface area contributed by atoms with Gasteiger partial charge in [0.25, 0.3) is 0 Å². The number of amides is 1. The lowest BCUT2D eigenvalue weighted by Crippen LogP contribution is -2.42. The van der Waals surface area contributed by atoms with Gasteiger partial charge in [0.2, 0.25) is 5.91 Å². The number of hydrogen-bond acceptors (Lipinski definition) is 3. The quantitative estimate of drug-likeness (QED) is 0.552. The standard InChI is InChI=1S/C24H26ClFN4O/c1-15(2)16(3)24(31)29-12-13-30-21(14-29)28-22(17-4-8-19(26)9-5-17)23(30)27-20-10-6-18(25)7-11-20/h4-11,15-16,27H,12-14H2,1-3H3. The van der Waals surface area contributed by atoms with E-state index in [9.17, 15) is 9.18 Å². The van der Waals surface area contributed by atoms with Gasteiger partial charge in [0, 0.05) is 35.3 Å². The molecule has 0 aliphatic carbocycles. The molecular formula is C24H26ClFN4O. The molecule has 1 aliphatic heterocycles. The molecule has 1 unspecified atom stereocenters. The van der Waals surface area contributed by atoms with Crippen molar-refractivity contribution in [2.24, 2.45) is 11.8 Å². The molecule has 0 radical (unpaired) electrons. The highest BCUT2D eigenvalue weighted by atomic mass is 35.5. The van der Waals surface area contributed by atoms with Gasteiger partial charge in [-0.05, 0) is 54.4 Å². The average Bonchev–Trinajstić information content (AvgIpc) is 3.12. The number of benzene rings is 2. The minimum Gasteiger partial charge on any atom is -0.340 e. The van der Waals surface area contributed by atoms with Crippen LogP contribution >= 0.6 is 11.6 Å². The van der Waals surface area contributed by atoms with Crippen LogP contribution in [0, 0.1) is 17.7 Å². The second-order valence-corrected chi connectivity index (χ2v) is 8.74. The molecule has 3 aromatic rings. The third-order valence-electron chi connectivity index (χ3n) is 5.90. The van der Waals surface area contributed by atoms with Crippen molar-refractivity contribution in [1.29, 1.82) is 0 Å². The molecule has 2 aromatic carbocycles. The smallest absolute Gasteiger partial charge is 0.226 e. The molecule has 1 N–H and O–H groups in total. The Balaban J connectivity index is 1.71.